The minimum absolute atomic E-state index is 0.443. The van der Waals surface area contributed by atoms with E-state index in [1.807, 2.05) is 11.8 Å². The molecule has 0 aromatic heterocycles. The lowest BCUT2D eigenvalue weighted by atomic mass is 9.62. The monoisotopic (exact) mass is 595 g/mol. The predicted molar refractivity (Wildman–Crippen MR) is 153 cm³/mol. The lowest BCUT2D eigenvalue weighted by Crippen LogP contribution is -2.39. The lowest BCUT2D eigenvalue weighted by Gasteiger charge is -2.49. The first-order chi connectivity index (χ1) is 17.2. The number of rotatable bonds is 1. The van der Waals surface area contributed by atoms with E-state index in [0.29, 0.717) is 0 Å². The van der Waals surface area contributed by atoms with Crippen molar-refractivity contribution in [2.24, 2.45) is 0 Å². The van der Waals surface area contributed by atoms with Gasteiger partial charge in [-0.15, -0.1) is 0 Å². The zero-order chi connectivity index (χ0) is 23.6. The van der Waals surface area contributed by atoms with Crippen LogP contribution >= 0.6 is 43.6 Å². The van der Waals surface area contributed by atoms with Crippen LogP contribution in [0.5, 0.6) is 0 Å². The third-order valence-corrected chi connectivity index (χ3v) is 9.16. The maximum atomic E-state index is 3.82. The molecule has 7 rings (SSSR count). The van der Waals surface area contributed by atoms with Crippen LogP contribution in [0.3, 0.4) is 0 Å². The fourth-order valence-electron chi connectivity index (χ4n) is 5.71. The molecule has 168 valence electrons. The van der Waals surface area contributed by atoms with Crippen LogP contribution in [0.25, 0.3) is 0 Å². The van der Waals surface area contributed by atoms with E-state index in [9.17, 15) is 0 Å². The second-order valence-electron chi connectivity index (χ2n) is 8.84. The van der Waals surface area contributed by atoms with E-state index in [0.717, 1.165) is 14.6 Å². The van der Waals surface area contributed by atoms with E-state index in [-0.39, 0.29) is 0 Å². The van der Waals surface area contributed by atoms with Crippen molar-refractivity contribution in [2.45, 2.75) is 15.2 Å². The first-order valence-corrected chi connectivity index (χ1v) is 13.9. The molecule has 0 aliphatic carbocycles. The van der Waals surface area contributed by atoms with Crippen LogP contribution in [0, 0.1) is 0 Å². The number of hydrogen-bond donors (Lipinski definition) is 0. The number of hydrogen-bond acceptors (Lipinski definition) is 2. The molecule has 0 N–H and O–H groups in total. The Balaban J connectivity index is 1.70. The SMILES string of the molecule is Brc1ccc2c(c1)C1(c3ccccc3Sc3ccccc31)c1cc(Br)ccc1N2c1ccccc1. The van der Waals surface area contributed by atoms with Crippen LogP contribution in [0.2, 0.25) is 0 Å². The number of nitrogens with zero attached hydrogens (tertiary/aromatic N) is 1. The number of anilines is 3. The Morgan fingerprint density at radius 1 is 0.514 bits per heavy atom. The van der Waals surface area contributed by atoms with E-state index < -0.39 is 5.41 Å². The van der Waals surface area contributed by atoms with E-state index in [1.54, 1.807) is 0 Å². The Bertz CT molecular complexity index is 1510. The minimum Gasteiger partial charge on any atom is -0.310 e. The Labute approximate surface area is 226 Å². The molecule has 1 nitrogen and oxygen atoms in total. The molecule has 2 aliphatic rings. The molecular weight excluding hydrogens is 578 g/mol. The molecule has 1 spiro atoms. The zero-order valence-corrected chi connectivity index (χ0v) is 22.6. The van der Waals surface area contributed by atoms with Gasteiger partial charge in [0.15, 0.2) is 0 Å². The van der Waals surface area contributed by atoms with E-state index in [1.165, 1.54) is 43.4 Å². The van der Waals surface area contributed by atoms with Gasteiger partial charge in [-0.2, -0.15) is 0 Å². The third-order valence-electron chi connectivity index (χ3n) is 7.02. The van der Waals surface area contributed by atoms with Gasteiger partial charge in [0.25, 0.3) is 0 Å². The molecule has 5 aromatic rings. The second-order valence-corrected chi connectivity index (χ2v) is 11.8. The summed E-state index contributed by atoms with van der Waals surface area (Å²) in [5.41, 5.74) is 8.33. The molecule has 0 saturated carbocycles. The van der Waals surface area contributed by atoms with Crippen molar-refractivity contribution in [1.29, 1.82) is 0 Å². The second kappa shape index (κ2) is 8.12. The van der Waals surface area contributed by atoms with Crippen molar-refractivity contribution in [3.05, 3.63) is 146 Å². The van der Waals surface area contributed by atoms with Crippen molar-refractivity contribution in [1.82, 2.24) is 0 Å². The van der Waals surface area contributed by atoms with Gasteiger partial charge in [0.1, 0.15) is 0 Å². The quantitative estimate of drug-likeness (QED) is 0.185. The fraction of sp³-hybridized carbons (Fsp3) is 0.0323. The number of halogens is 2. The summed E-state index contributed by atoms with van der Waals surface area (Å²) in [6, 6.07) is 41.9. The van der Waals surface area contributed by atoms with Gasteiger partial charge < -0.3 is 4.90 Å². The van der Waals surface area contributed by atoms with Crippen LogP contribution < -0.4 is 4.90 Å². The maximum absolute atomic E-state index is 3.82. The highest BCUT2D eigenvalue weighted by Gasteiger charge is 2.50. The summed E-state index contributed by atoms with van der Waals surface area (Å²) < 4.78 is 2.16. The summed E-state index contributed by atoms with van der Waals surface area (Å²) in [4.78, 5) is 5.01. The van der Waals surface area contributed by atoms with Crippen molar-refractivity contribution in [3.8, 4) is 0 Å². The van der Waals surface area contributed by atoms with Gasteiger partial charge in [-0.1, -0.05) is 98.2 Å². The van der Waals surface area contributed by atoms with Crippen LogP contribution in [0.4, 0.5) is 17.1 Å². The summed E-state index contributed by atoms with van der Waals surface area (Å²) in [6.07, 6.45) is 0. The Hall–Kier alpha value is -2.79. The molecule has 0 fully saturated rings. The molecule has 0 bridgehead atoms. The van der Waals surface area contributed by atoms with Gasteiger partial charge in [-0.05, 0) is 82.9 Å². The molecule has 0 atom stereocenters. The minimum atomic E-state index is -0.443. The van der Waals surface area contributed by atoms with Crippen LogP contribution in [-0.2, 0) is 5.41 Å². The number of benzene rings is 5. The van der Waals surface area contributed by atoms with E-state index in [2.05, 4.69) is 152 Å². The summed E-state index contributed by atoms with van der Waals surface area (Å²) in [5.74, 6) is 0. The first-order valence-electron chi connectivity index (χ1n) is 11.5. The molecule has 0 saturated heterocycles. The average molecular weight is 597 g/mol. The van der Waals surface area contributed by atoms with Gasteiger partial charge in [-0.3, -0.25) is 0 Å². The number of fused-ring (bicyclic) bond motifs is 8. The molecule has 2 heterocycles. The Kier molecular flexibility index (Phi) is 4.99. The summed E-state index contributed by atoms with van der Waals surface area (Å²) in [7, 11) is 0. The fourth-order valence-corrected chi connectivity index (χ4v) is 7.63. The Morgan fingerprint density at radius 3 is 1.54 bits per heavy atom. The van der Waals surface area contributed by atoms with Crippen LogP contribution in [0.1, 0.15) is 22.3 Å². The highest BCUT2D eigenvalue weighted by Crippen LogP contribution is 2.63. The van der Waals surface area contributed by atoms with Crippen LogP contribution in [0.15, 0.2) is 134 Å². The van der Waals surface area contributed by atoms with Crippen molar-refractivity contribution in [3.63, 3.8) is 0 Å². The van der Waals surface area contributed by atoms with Gasteiger partial charge in [0.05, 0.1) is 16.8 Å². The largest absolute Gasteiger partial charge is 0.310 e. The molecule has 0 amide bonds. The molecular formula is C31H19Br2NS. The highest BCUT2D eigenvalue weighted by atomic mass is 79.9. The molecule has 35 heavy (non-hydrogen) atoms. The average Bonchev–Trinajstić information content (AvgIpc) is 2.89. The maximum Gasteiger partial charge on any atom is 0.0764 e. The summed E-state index contributed by atoms with van der Waals surface area (Å²) in [5, 5.41) is 0. The molecule has 2 aliphatic heterocycles. The topological polar surface area (TPSA) is 3.24 Å². The van der Waals surface area contributed by atoms with Gasteiger partial charge in [-0.25, -0.2) is 0 Å². The molecule has 4 heteroatoms. The summed E-state index contributed by atoms with van der Waals surface area (Å²) >= 11 is 9.50. The van der Waals surface area contributed by atoms with Gasteiger partial charge in [0.2, 0.25) is 0 Å². The molecule has 0 unspecified atom stereocenters. The van der Waals surface area contributed by atoms with Crippen molar-refractivity contribution in [2.75, 3.05) is 4.90 Å². The smallest absolute Gasteiger partial charge is 0.0764 e. The van der Waals surface area contributed by atoms with Crippen LogP contribution in [-0.4, -0.2) is 0 Å². The van der Waals surface area contributed by atoms with E-state index >= 15 is 0 Å². The molecule has 5 aromatic carbocycles. The summed E-state index contributed by atoms with van der Waals surface area (Å²) in [6.45, 7) is 0. The Morgan fingerprint density at radius 2 is 1.00 bits per heavy atom. The van der Waals surface area contributed by atoms with Crippen molar-refractivity contribution >= 4 is 60.7 Å². The lowest BCUT2D eigenvalue weighted by molar-refractivity contribution is 0.691. The highest BCUT2D eigenvalue weighted by molar-refractivity contribution is 9.10. The van der Waals surface area contributed by atoms with E-state index in [4.69, 9.17) is 0 Å². The normalized spacial score (nSPS) is 14.6. The predicted octanol–water partition coefficient (Wildman–Crippen LogP) is 9.84. The number of para-hydroxylation sites is 1. The first kappa shape index (κ1) is 21.5. The zero-order valence-electron chi connectivity index (χ0n) is 18.6. The standard InChI is InChI=1S/C31H19Br2NS/c32-20-14-16-27-25(18-20)31(23-10-4-6-12-29(23)35-30-13-7-5-11-24(30)31)26-19-21(33)15-17-28(26)34(27)22-8-2-1-3-9-22/h1-19H. The van der Waals surface area contributed by atoms with Gasteiger partial charge in [0, 0.05) is 24.4 Å². The third kappa shape index (κ3) is 3.07. The van der Waals surface area contributed by atoms with Gasteiger partial charge >= 0.3 is 0 Å². The van der Waals surface area contributed by atoms with Crippen molar-refractivity contribution < 1.29 is 0 Å². The molecule has 0 radical (unpaired) electrons.